The van der Waals surface area contributed by atoms with Crippen LogP contribution in [0.4, 0.5) is 0 Å². The number of thiophene rings is 1. The molecule has 0 fully saturated rings. The first-order chi connectivity index (χ1) is 26.3. The summed E-state index contributed by atoms with van der Waals surface area (Å²) in [5.41, 5.74) is 8.75. The van der Waals surface area contributed by atoms with E-state index in [1.807, 2.05) is 0 Å². The van der Waals surface area contributed by atoms with Crippen molar-refractivity contribution < 1.29 is 0 Å². The van der Waals surface area contributed by atoms with Gasteiger partial charge in [-0.3, -0.25) is 0 Å². The van der Waals surface area contributed by atoms with Gasteiger partial charge in [0.05, 0.1) is 15.9 Å². The van der Waals surface area contributed by atoms with Crippen molar-refractivity contribution in [2.45, 2.75) is 0 Å². The first-order valence-corrected chi connectivity index (χ1v) is 18.8. The first-order valence-electron chi connectivity index (χ1n) is 18.0. The average Bonchev–Trinajstić information content (AvgIpc) is 3.63. The Labute approximate surface area is 310 Å². The molecule has 0 saturated carbocycles. The van der Waals surface area contributed by atoms with Crippen LogP contribution in [0, 0.1) is 0 Å². The van der Waals surface area contributed by atoms with E-state index >= 15 is 0 Å². The third-order valence-corrected chi connectivity index (χ3v) is 11.9. The van der Waals surface area contributed by atoms with E-state index in [2.05, 4.69) is 182 Å². The van der Waals surface area contributed by atoms with Crippen molar-refractivity contribution in [2.24, 2.45) is 0 Å². The van der Waals surface area contributed by atoms with Crippen molar-refractivity contribution in [1.29, 1.82) is 0 Å². The number of aromatic nitrogens is 2. The number of benzene rings is 9. The van der Waals surface area contributed by atoms with Gasteiger partial charge in [-0.05, 0) is 83.5 Å². The van der Waals surface area contributed by atoms with Crippen LogP contribution < -0.4 is 0 Å². The molecule has 0 unspecified atom stereocenters. The molecule has 2 aromatic heterocycles. The molecule has 2 heterocycles. The lowest BCUT2D eigenvalue weighted by Gasteiger charge is -2.13. The SMILES string of the molecule is c1ccc(-c2nc(-c3cccc(-c4cccc(-c5ccc6c7ccccc7c7ccccc7c6c5)c4)c3)nc3c2sc2c4ccccc4ccc32)cc1. The molecule has 0 bridgehead atoms. The molecule has 0 aliphatic carbocycles. The van der Waals surface area contributed by atoms with Gasteiger partial charge in [-0.15, -0.1) is 11.3 Å². The molecule has 246 valence electrons. The van der Waals surface area contributed by atoms with Crippen molar-refractivity contribution in [3.8, 4) is 44.9 Å². The van der Waals surface area contributed by atoms with Gasteiger partial charge in [0.15, 0.2) is 5.82 Å². The zero-order chi connectivity index (χ0) is 34.9. The Kier molecular flexibility index (Phi) is 6.76. The smallest absolute Gasteiger partial charge is 0.160 e. The van der Waals surface area contributed by atoms with Crippen molar-refractivity contribution in [3.63, 3.8) is 0 Å². The Morgan fingerprint density at radius 3 is 1.51 bits per heavy atom. The van der Waals surface area contributed by atoms with Crippen LogP contribution in [0.15, 0.2) is 182 Å². The van der Waals surface area contributed by atoms with Crippen LogP contribution in [-0.4, -0.2) is 9.97 Å². The first kappa shape index (κ1) is 30.0. The molecule has 0 spiro atoms. The van der Waals surface area contributed by atoms with Gasteiger partial charge in [0.1, 0.15) is 0 Å². The lowest BCUT2D eigenvalue weighted by molar-refractivity contribution is 1.24. The van der Waals surface area contributed by atoms with Crippen LogP contribution in [-0.2, 0) is 0 Å². The van der Waals surface area contributed by atoms with Gasteiger partial charge in [-0.2, -0.15) is 0 Å². The summed E-state index contributed by atoms with van der Waals surface area (Å²) >= 11 is 1.79. The second kappa shape index (κ2) is 11.9. The molecule has 3 heteroatoms. The molecule has 0 saturated heterocycles. The maximum atomic E-state index is 5.30. The monoisotopic (exact) mass is 690 g/mol. The standard InChI is InChI=1S/C50H30N2S/c1-2-13-32(14-3-1)46-49-47(44-27-24-31-12-4-5-19-38(31)48(44)53-49)52-50(51-46)37-18-11-17-35(29-37)33-15-10-16-34(28-33)36-25-26-43-41-22-7-6-20-39(41)40-21-8-9-23-42(40)45(43)30-36/h1-30H. The minimum absolute atomic E-state index is 0.732. The minimum Gasteiger partial charge on any atom is -0.226 e. The largest absolute Gasteiger partial charge is 0.226 e. The van der Waals surface area contributed by atoms with E-state index in [1.165, 1.54) is 64.3 Å². The molecule has 11 aromatic rings. The van der Waals surface area contributed by atoms with Crippen molar-refractivity contribution in [1.82, 2.24) is 9.97 Å². The van der Waals surface area contributed by atoms with E-state index in [0.29, 0.717) is 0 Å². The number of hydrogen-bond donors (Lipinski definition) is 0. The molecule has 11 rings (SSSR count). The highest BCUT2D eigenvalue weighted by Gasteiger charge is 2.18. The van der Waals surface area contributed by atoms with Gasteiger partial charge in [-0.1, -0.05) is 164 Å². The summed E-state index contributed by atoms with van der Waals surface area (Å²) in [6.45, 7) is 0. The Balaban J connectivity index is 1.05. The van der Waals surface area contributed by atoms with Crippen molar-refractivity contribution in [3.05, 3.63) is 182 Å². The van der Waals surface area contributed by atoms with E-state index in [-0.39, 0.29) is 0 Å². The summed E-state index contributed by atoms with van der Waals surface area (Å²) in [6, 6.07) is 65.6. The fourth-order valence-electron chi connectivity index (χ4n) is 8.10. The van der Waals surface area contributed by atoms with Crippen LogP contribution in [0.5, 0.6) is 0 Å². The molecule has 2 nitrogen and oxygen atoms in total. The van der Waals surface area contributed by atoms with E-state index < -0.39 is 0 Å². The summed E-state index contributed by atoms with van der Waals surface area (Å²) < 4.78 is 2.37. The maximum absolute atomic E-state index is 5.30. The summed E-state index contributed by atoms with van der Waals surface area (Å²) in [5.74, 6) is 0.732. The Bertz CT molecular complexity index is 3200. The van der Waals surface area contributed by atoms with Crippen molar-refractivity contribution >= 4 is 74.7 Å². The summed E-state index contributed by atoms with van der Waals surface area (Å²) in [4.78, 5) is 10.6. The van der Waals surface area contributed by atoms with Crippen LogP contribution in [0.2, 0.25) is 0 Å². The van der Waals surface area contributed by atoms with Crippen LogP contribution in [0.3, 0.4) is 0 Å². The summed E-state index contributed by atoms with van der Waals surface area (Å²) in [7, 11) is 0. The zero-order valence-electron chi connectivity index (χ0n) is 28.6. The zero-order valence-corrected chi connectivity index (χ0v) is 29.4. The molecule has 9 aromatic carbocycles. The maximum Gasteiger partial charge on any atom is 0.160 e. The van der Waals surface area contributed by atoms with E-state index in [0.717, 1.165) is 44.0 Å². The molecule has 0 atom stereocenters. The normalized spacial score (nSPS) is 11.8. The van der Waals surface area contributed by atoms with E-state index in [1.54, 1.807) is 11.3 Å². The summed E-state index contributed by atoms with van der Waals surface area (Å²) in [6.07, 6.45) is 0. The average molecular weight is 691 g/mol. The van der Waals surface area contributed by atoms with Crippen LogP contribution in [0.1, 0.15) is 0 Å². The Hall–Kier alpha value is -6.68. The van der Waals surface area contributed by atoms with Gasteiger partial charge in [0.25, 0.3) is 0 Å². The second-order valence-electron chi connectivity index (χ2n) is 13.7. The van der Waals surface area contributed by atoms with Gasteiger partial charge in [-0.25, -0.2) is 9.97 Å². The molecule has 53 heavy (non-hydrogen) atoms. The van der Waals surface area contributed by atoms with Gasteiger partial charge >= 0.3 is 0 Å². The lowest BCUT2D eigenvalue weighted by Crippen LogP contribution is -1.94. The molecule has 0 aliphatic heterocycles. The van der Waals surface area contributed by atoms with Gasteiger partial charge in [0.2, 0.25) is 0 Å². The minimum atomic E-state index is 0.732. The molecule has 0 N–H and O–H groups in total. The van der Waals surface area contributed by atoms with Gasteiger partial charge < -0.3 is 0 Å². The Morgan fingerprint density at radius 1 is 0.302 bits per heavy atom. The highest BCUT2D eigenvalue weighted by atomic mass is 32.1. The topological polar surface area (TPSA) is 25.8 Å². The third-order valence-electron chi connectivity index (χ3n) is 10.6. The Morgan fingerprint density at radius 2 is 0.811 bits per heavy atom. The highest BCUT2D eigenvalue weighted by Crippen LogP contribution is 2.43. The molecular formula is C50H30N2S. The van der Waals surface area contributed by atoms with Gasteiger partial charge in [0, 0.05) is 21.2 Å². The number of hydrogen-bond acceptors (Lipinski definition) is 3. The summed E-state index contributed by atoms with van der Waals surface area (Å²) in [5, 5.41) is 11.4. The van der Waals surface area contributed by atoms with Crippen molar-refractivity contribution in [2.75, 3.05) is 0 Å². The fraction of sp³-hybridized carbons (Fsp3) is 0. The van der Waals surface area contributed by atoms with Crippen LogP contribution >= 0.6 is 11.3 Å². The number of fused-ring (bicyclic) bond motifs is 11. The molecule has 0 amide bonds. The predicted octanol–water partition coefficient (Wildman–Crippen LogP) is 14.1. The predicted molar refractivity (Wildman–Crippen MR) is 227 cm³/mol. The number of nitrogens with zero attached hydrogens (tertiary/aromatic N) is 2. The van der Waals surface area contributed by atoms with E-state index in [4.69, 9.17) is 9.97 Å². The number of rotatable bonds is 4. The quantitative estimate of drug-likeness (QED) is 0.172. The lowest BCUT2D eigenvalue weighted by atomic mass is 9.91. The second-order valence-corrected chi connectivity index (χ2v) is 14.7. The fourth-order valence-corrected chi connectivity index (χ4v) is 9.38. The molecular weight excluding hydrogens is 661 g/mol. The molecule has 0 aliphatic rings. The highest BCUT2D eigenvalue weighted by molar-refractivity contribution is 7.27. The third kappa shape index (κ3) is 4.86. The van der Waals surface area contributed by atoms with E-state index in [9.17, 15) is 0 Å². The van der Waals surface area contributed by atoms with Crippen LogP contribution in [0.25, 0.3) is 108 Å². The molecule has 0 radical (unpaired) electrons.